The molecule has 0 aliphatic heterocycles. The number of benzene rings is 2. The topological polar surface area (TPSA) is 43.6 Å². The highest BCUT2D eigenvalue weighted by atomic mass is 79.9. The summed E-state index contributed by atoms with van der Waals surface area (Å²) in [5, 5.41) is 9.73. The molecular formula is C20H13BrClFN4S. The lowest BCUT2D eigenvalue weighted by Gasteiger charge is -2.11. The van der Waals surface area contributed by atoms with Crippen LogP contribution in [0.3, 0.4) is 0 Å². The second-order valence-electron chi connectivity index (χ2n) is 5.85. The van der Waals surface area contributed by atoms with Crippen molar-refractivity contribution in [3.05, 3.63) is 87.9 Å². The van der Waals surface area contributed by atoms with Crippen LogP contribution in [-0.4, -0.2) is 19.7 Å². The van der Waals surface area contributed by atoms with E-state index in [1.807, 2.05) is 41.0 Å². The number of hydrogen-bond donors (Lipinski definition) is 0. The minimum atomic E-state index is -0.331. The van der Waals surface area contributed by atoms with Gasteiger partial charge in [0.2, 0.25) is 0 Å². The van der Waals surface area contributed by atoms with E-state index in [9.17, 15) is 4.39 Å². The number of nitrogens with zero attached hydrogens (tertiary/aromatic N) is 4. The van der Waals surface area contributed by atoms with Crippen LogP contribution in [0.5, 0.6) is 0 Å². The summed E-state index contributed by atoms with van der Waals surface area (Å²) in [7, 11) is 0. The van der Waals surface area contributed by atoms with Gasteiger partial charge in [-0.3, -0.25) is 9.55 Å². The fourth-order valence-corrected chi connectivity index (χ4v) is 4.24. The number of aromatic nitrogens is 4. The highest BCUT2D eigenvalue weighted by Crippen LogP contribution is 2.32. The monoisotopic (exact) mass is 474 g/mol. The van der Waals surface area contributed by atoms with Crippen LogP contribution < -0.4 is 0 Å². The van der Waals surface area contributed by atoms with Crippen molar-refractivity contribution in [2.24, 2.45) is 0 Å². The molecule has 0 aliphatic rings. The van der Waals surface area contributed by atoms with Crippen LogP contribution in [-0.2, 0) is 5.75 Å². The van der Waals surface area contributed by atoms with Crippen molar-refractivity contribution < 1.29 is 4.39 Å². The Bertz CT molecular complexity index is 1080. The van der Waals surface area contributed by atoms with Gasteiger partial charge in [-0.25, -0.2) is 4.39 Å². The molecule has 0 radical (unpaired) electrons. The molecule has 0 N–H and O–H groups in total. The second kappa shape index (κ2) is 8.43. The molecule has 2 heterocycles. The Morgan fingerprint density at radius 3 is 2.57 bits per heavy atom. The summed E-state index contributed by atoms with van der Waals surface area (Å²) in [5.74, 6) is 0.674. The molecule has 2 aromatic heterocycles. The third-order valence-electron chi connectivity index (χ3n) is 4.05. The Balaban J connectivity index is 1.75. The zero-order valence-electron chi connectivity index (χ0n) is 14.4. The Kier molecular flexibility index (Phi) is 5.75. The SMILES string of the molecule is Fc1cccc(Cl)c1CSc1nnc(-c2cccnc2)n1-c1ccc(Br)cc1. The summed E-state index contributed by atoms with van der Waals surface area (Å²) in [5.41, 5.74) is 2.19. The number of rotatable bonds is 5. The van der Waals surface area contributed by atoms with E-state index in [0.29, 0.717) is 27.3 Å². The molecule has 8 heteroatoms. The van der Waals surface area contributed by atoms with E-state index >= 15 is 0 Å². The van der Waals surface area contributed by atoms with E-state index in [1.54, 1.807) is 24.5 Å². The second-order valence-corrected chi connectivity index (χ2v) is 8.11. The molecule has 28 heavy (non-hydrogen) atoms. The first-order valence-corrected chi connectivity index (χ1v) is 10.5. The van der Waals surface area contributed by atoms with Crippen molar-refractivity contribution in [3.63, 3.8) is 0 Å². The van der Waals surface area contributed by atoms with Crippen LogP contribution in [0.15, 0.2) is 76.6 Å². The van der Waals surface area contributed by atoms with Crippen LogP contribution in [0.4, 0.5) is 4.39 Å². The Morgan fingerprint density at radius 1 is 1.04 bits per heavy atom. The summed E-state index contributed by atoms with van der Waals surface area (Å²) in [6.45, 7) is 0. The first-order chi connectivity index (χ1) is 13.6. The molecule has 2 aromatic carbocycles. The van der Waals surface area contributed by atoms with Crippen molar-refractivity contribution in [3.8, 4) is 17.1 Å². The van der Waals surface area contributed by atoms with E-state index in [4.69, 9.17) is 11.6 Å². The summed E-state index contributed by atoms with van der Waals surface area (Å²) in [6, 6.07) is 16.3. The first kappa shape index (κ1) is 19.1. The van der Waals surface area contributed by atoms with Gasteiger partial charge in [-0.2, -0.15) is 0 Å². The summed E-state index contributed by atoms with van der Waals surface area (Å²) in [4.78, 5) is 4.17. The van der Waals surface area contributed by atoms with Crippen LogP contribution in [0.1, 0.15) is 5.56 Å². The predicted molar refractivity (Wildman–Crippen MR) is 113 cm³/mol. The molecule has 0 spiro atoms. The Hall–Kier alpha value is -2.22. The highest BCUT2D eigenvalue weighted by molar-refractivity contribution is 9.10. The fraction of sp³-hybridized carbons (Fsp3) is 0.0500. The van der Waals surface area contributed by atoms with Gasteiger partial charge >= 0.3 is 0 Å². The van der Waals surface area contributed by atoms with E-state index in [-0.39, 0.29) is 5.82 Å². The maximum atomic E-state index is 14.1. The molecular weight excluding hydrogens is 463 g/mol. The molecule has 140 valence electrons. The van der Waals surface area contributed by atoms with Gasteiger partial charge in [-0.15, -0.1) is 10.2 Å². The lowest BCUT2D eigenvalue weighted by atomic mass is 10.2. The lowest BCUT2D eigenvalue weighted by molar-refractivity contribution is 0.617. The van der Waals surface area contributed by atoms with Crippen LogP contribution in [0.25, 0.3) is 17.1 Å². The summed E-state index contributed by atoms with van der Waals surface area (Å²) < 4.78 is 17.0. The average Bonchev–Trinajstić information content (AvgIpc) is 3.13. The van der Waals surface area contributed by atoms with Gasteiger partial charge in [0.1, 0.15) is 5.82 Å². The van der Waals surface area contributed by atoms with Crippen molar-refractivity contribution in [1.29, 1.82) is 0 Å². The van der Waals surface area contributed by atoms with E-state index in [0.717, 1.165) is 15.7 Å². The van der Waals surface area contributed by atoms with Gasteiger partial charge in [-0.1, -0.05) is 45.4 Å². The molecule has 4 nitrogen and oxygen atoms in total. The van der Waals surface area contributed by atoms with Gasteiger partial charge in [0, 0.05) is 44.5 Å². The van der Waals surface area contributed by atoms with E-state index in [1.165, 1.54) is 17.8 Å². The minimum absolute atomic E-state index is 0.331. The molecule has 0 bridgehead atoms. The third-order valence-corrected chi connectivity index (χ3v) is 5.88. The quantitative estimate of drug-likeness (QED) is 0.323. The first-order valence-electron chi connectivity index (χ1n) is 8.31. The minimum Gasteiger partial charge on any atom is -0.270 e. The Labute approximate surface area is 178 Å². The fourth-order valence-electron chi connectivity index (χ4n) is 2.68. The molecule has 0 amide bonds. The number of hydrogen-bond acceptors (Lipinski definition) is 4. The van der Waals surface area contributed by atoms with Gasteiger partial charge in [0.25, 0.3) is 0 Å². The predicted octanol–water partition coefficient (Wildman–Crippen LogP) is 6.18. The van der Waals surface area contributed by atoms with Crippen molar-refractivity contribution in [2.45, 2.75) is 10.9 Å². The van der Waals surface area contributed by atoms with Crippen LogP contribution in [0, 0.1) is 5.82 Å². The van der Waals surface area contributed by atoms with E-state index in [2.05, 4.69) is 31.1 Å². The zero-order chi connectivity index (χ0) is 19.5. The third kappa shape index (κ3) is 3.97. The molecule has 4 rings (SSSR count). The number of thioether (sulfide) groups is 1. The molecule has 0 saturated carbocycles. The largest absolute Gasteiger partial charge is 0.270 e. The number of pyridine rings is 1. The van der Waals surface area contributed by atoms with Gasteiger partial charge in [0.05, 0.1) is 0 Å². The molecule has 0 atom stereocenters. The highest BCUT2D eigenvalue weighted by Gasteiger charge is 2.17. The molecule has 0 unspecified atom stereocenters. The summed E-state index contributed by atoms with van der Waals surface area (Å²) in [6.07, 6.45) is 3.45. The van der Waals surface area contributed by atoms with Crippen molar-refractivity contribution >= 4 is 39.3 Å². The average molecular weight is 476 g/mol. The lowest BCUT2D eigenvalue weighted by Crippen LogP contribution is -2.00. The maximum Gasteiger partial charge on any atom is 0.196 e. The summed E-state index contributed by atoms with van der Waals surface area (Å²) >= 11 is 11.0. The van der Waals surface area contributed by atoms with Crippen LogP contribution >= 0.6 is 39.3 Å². The number of halogens is 3. The standard InChI is InChI=1S/C20H13BrClFN4S/c21-14-6-8-15(9-7-14)27-19(13-3-2-10-24-11-13)25-26-20(27)28-12-16-17(22)4-1-5-18(16)23/h1-11H,12H2. The van der Waals surface area contributed by atoms with Crippen LogP contribution in [0.2, 0.25) is 5.02 Å². The Morgan fingerprint density at radius 2 is 1.86 bits per heavy atom. The van der Waals surface area contributed by atoms with E-state index < -0.39 is 0 Å². The molecule has 0 fully saturated rings. The maximum absolute atomic E-state index is 14.1. The van der Waals surface area contributed by atoms with Gasteiger partial charge < -0.3 is 0 Å². The molecule has 0 aliphatic carbocycles. The van der Waals surface area contributed by atoms with Crippen molar-refractivity contribution in [1.82, 2.24) is 19.7 Å². The van der Waals surface area contributed by atoms with Crippen molar-refractivity contribution in [2.75, 3.05) is 0 Å². The molecule has 4 aromatic rings. The zero-order valence-corrected chi connectivity index (χ0v) is 17.5. The van der Waals surface area contributed by atoms with Gasteiger partial charge in [-0.05, 0) is 48.5 Å². The smallest absolute Gasteiger partial charge is 0.196 e. The van der Waals surface area contributed by atoms with Gasteiger partial charge in [0.15, 0.2) is 11.0 Å². The normalized spacial score (nSPS) is 11.0. The molecule has 0 saturated heterocycles.